The molecule has 0 bridgehead atoms. The van der Waals surface area contributed by atoms with Crippen molar-refractivity contribution in [2.45, 2.75) is 33.4 Å². The van der Waals surface area contributed by atoms with Gasteiger partial charge in [-0.05, 0) is 20.3 Å². The van der Waals surface area contributed by atoms with E-state index in [0.717, 1.165) is 0 Å². The number of aryl methyl sites for hydroxylation is 2. The fraction of sp³-hybridized carbons (Fsp3) is 0.677. The Morgan fingerprint density at radius 2 is 0.857 bits per heavy atom. The lowest BCUT2D eigenvalue weighted by Crippen LogP contribution is -2.17. The molecule has 0 aromatic carbocycles. The minimum Gasteiger partial charge on any atom is -0.461 e. The van der Waals surface area contributed by atoms with Gasteiger partial charge in [0.1, 0.15) is 24.6 Å². The first-order valence-electron chi connectivity index (χ1n) is 16.0. The zero-order valence-corrected chi connectivity index (χ0v) is 28.7. The molecule has 0 atom stereocenters. The van der Waals surface area contributed by atoms with E-state index in [2.05, 4.69) is 10.2 Å². The number of methoxy groups -OCH3 is 2. The molecule has 0 amide bonds. The number of hydrogen-bond donors (Lipinski definition) is 0. The zero-order valence-electron chi connectivity index (χ0n) is 28.7. The molecular weight excluding hydrogens is 652 g/mol. The Morgan fingerprint density at radius 3 is 1.20 bits per heavy atom. The maximum absolute atomic E-state index is 12.6. The van der Waals surface area contributed by atoms with Crippen LogP contribution in [0, 0.1) is 0 Å². The fourth-order valence-electron chi connectivity index (χ4n) is 3.95. The van der Waals surface area contributed by atoms with E-state index < -0.39 is 23.9 Å². The summed E-state index contributed by atoms with van der Waals surface area (Å²) in [6, 6.07) is 2.57. The van der Waals surface area contributed by atoms with E-state index in [1.807, 2.05) is 0 Å². The SMILES string of the molecule is CCOC(=O)c1cc(C(=O)OCCOCCOCCOC)nn1CCCn1nc(C(=O)OCCOCCOCCOC)cc1C(=O)OCC. The molecule has 2 heterocycles. The molecule has 18 nitrogen and oxygen atoms in total. The van der Waals surface area contributed by atoms with Crippen LogP contribution in [-0.4, -0.2) is 150 Å². The number of hydrogen-bond acceptors (Lipinski definition) is 16. The highest BCUT2D eigenvalue weighted by molar-refractivity contribution is 5.94. The van der Waals surface area contributed by atoms with Gasteiger partial charge in [-0.25, -0.2) is 19.2 Å². The third kappa shape index (κ3) is 15.9. The van der Waals surface area contributed by atoms with E-state index in [4.69, 9.17) is 47.4 Å². The van der Waals surface area contributed by atoms with Gasteiger partial charge in [0, 0.05) is 39.4 Å². The van der Waals surface area contributed by atoms with Gasteiger partial charge in [0.25, 0.3) is 0 Å². The summed E-state index contributed by atoms with van der Waals surface area (Å²) in [6.07, 6.45) is 0.283. The third-order valence-electron chi connectivity index (χ3n) is 6.22. The van der Waals surface area contributed by atoms with Gasteiger partial charge in [-0.15, -0.1) is 0 Å². The van der Waals surface area contributed by atoms with Gasteiger partial charge in [-0.2, -0.15) is 10.2 Å². The van der Waals surface area contributed by atoms with Crippen LogP contribution in [0.3, 0.4) is 0 Å². The van der Waals surface area contributed by atoms with E-state index in [9.17, 15) is 19.2 Å². The number of rotatable bonds is 28. The minimum absolute atomic E-state index is 0.0312. The summed E-state index contributed by atoms with van der Waals surface area (Å²) in [7, 11) is 3.16. The van der Waals surface area contributed by atoms with Gasteiger partial charge in [0.15, 0.2) is 11.4 Å². The molecule has 0 spiro atoms. The van der Waals surface area contributed by atoms with Crippen molar-refractivity contribution in [2.75, 3.05) is 107 Å². The van der Waals surface area contributed by atoms with Crippen molar-refractivity contribution in [3.8, 4) is 0 Å². The first-order valence-corrected chi connectivity index (χ1v) is 16.0. The van der Waals surface area contributed by atoms with Crippen LogP contribution >= 0.6 is 0 Å². The van der Waals surface area contributed by atoms with Gasteiger partial charge in [0.2, 0.25) is 0 Å². The summed E-state index contributed by atoms with van der Waals surface area (Å²) in [5.41, 5.74) is -0.107. The summed E-state index contributed by atoms with van der Waals surface area (Å²) in [5, 5.41) is 8.49. The van der Waals surface area contributed by atoms with Crippen LogP contribution in [0.25, 0.3) is 0 Å². The van der Waals surface area contributed by atoms with E-state index in [1.54, 1.807) is 28.1 Å². The molecule has 2 rings (SSSR count). The Balaban J connectivity index is 1.96. The van der Waals surface area contributed by atoms with Crippen LogP contribution in [-0.2, 0) is 60.5 Å². The predicted molar refractivity (Wildman–Crippen MR) is 169 cm³/mol. The maximum atomic E-state index is 12.6. The molecule has 0 saturated heterocycles. The summed E-state index contributed by atoms with van der Waals surface area (Å²) >= 11 is 0. The number of esters is 4. The smallest absolute Gasteiger partial charge is 0.358 e. The lowest BCUT2D eigenvalue weighted by Gasteiger charge is -2.09. The van der Waals surface area contributed by atoms with Crippen LogP contribution in [0.4, 0.5) is 0 Å². The molecule has 0 aliphatic carbocycles. The highest BCUT2D eigenvalue weighted by Gasteiger charge is 2.23. The fourth-order valence-corrected chi connectivity index (χ4v) is 3.95. The first kappa shape index (κ1) is 41.2. The van der Waals surface area contributed by atoms with Gasteiger partial charge in [0.05, 0.1) is 79.3 Å². The number of carbonyl (C=O) groups excluding carboxylic acids is 4. The molecule has 0 saturated carbocycles. The lowest BCUT2D eigenvalue weighted by atomic mass is 10.3. The highest BCUT2D eigenvalue weighted by Crippen LogP contribution is 2.13. The van der Waals surface area contributed by atoms with Crippen molar-refractivity contribution in [2.24, 2.45) is 0 Å². The molecule has 2 aromatic heterocycles. The Bertz CT molecular complexity index is 1170. The van der Waals surface area contributed by atoms with Crippen molar-refractivity contribution in [1.82, 2.24) is 19.6 Å². The summed E-state index contributed by atoms with van der Waals surface area (Å²) < 4.78 is 54.5. The first-order chi connectivity index (χ1) is 23.9. The predicted octanol–water partition coefficient (Wildman–Crippen LogP) is 1.20. The van der Waals surface area contributed by atoms with Gasteiger partial charge in [-0.3, -0.25) is 9.36 Å². The lowest BCUT2D eigenvalue weighted by molar-refractivity contribution is 0.00528. The molecule has 0 aliphatic heterocycles. The number of nitrogens with zero attached hydrogens (tertiary/aromatic N) is 4. The molecule has 0 radical (unpaired) electrons. The average Bonchev–Trinajstić information content (AvgIpc) is 3.72. The molecule has 49 heavy (non-hydrogen) atoms. The van der Waals surface area contributed by atoms with Crippen LogP contribution in [0.1, 0.15) is 62.2 Å². The van der Waals surface area contributed by atoms with Crippen LogP contribution in [0.2, 0.25) is 0 Å². The van der Waals surface area contributed by atoms with Gasteiger partial charge < -0.3 is 47.4 Å². The largest absolute Gasteiger partial charge is 0.461 e. The third-order valence-corrected chi connectivity index (χ3v) is 6.22. The number of ether oxygens (including phenoxy) is 10. The van der Waals surface area contributed by atoms with E-state index in [0.29, 0.717) is 52.9 Å². The van der Waals surface area contributed by atoms with Crippen LogP contribution < -0.4 is 0 Å². The highest BCUT2D eigenvalue weighted by atomic mass is 16.6. The van der Waals surface area contributed by atoms with Crippen molar-refractivity contribution in [3.05, 3.63) is 34.9 Å². The van der Waals surface area contributed by atoms with Crippen LogP contribution in [0.15, 0.2) is 12.1 Å². The second-order valence-electron chi connectivity index (χ2n) is 9.78. The topological polar surface area (TPSA) is 196 Å². The zero-order chi connectivity index (χ0) is 35.7. The Morgan fingerprint density at radius 1 is 0.510 bits per heavy atom. The van der Waals surface area contributed by atoms with E-state index in [-0.39, 0.29) is 81.9 Å². The maximum Gasteiger partial charge on any atom is 0.358 e. The second kappa shape index (κ2) is 25.1. The molecule has 0 aliphatic rings. The number of aromatic nitrogens is 4. The Kier molecular flexibility index (Phi) is 21.1. The van der Waals surface area contributed by atoms with Crippen LogP contribution in [0.5, 0.6) is 0 Å². The van der Waals surface area contributed by atoms with E-state index >= 15 is 0 Å². The average molecular weight is 701 g/mol. The molecule has 276 valence electrons. The minimum atomic E-state index is -0.745. The van der Waals surface area contributed by atoms with Crippen molar-refractivity contribution >= 4 is 23.9 Å². The number of carbonyl (C=O) groups is 4. The second-order valence-corrected chi connectivity index (χ2v) is 9.78. The van der Waals surface area contributed by atoms with Crippen molar-refractivity contribution < 1.29 is 66.5 Å². The quantitative estimate of drug-likeness (QED) is 0.0697. The van der Waals surface area contributed by atoms with Gasteiger partial charge >= 0.3 is 23.9 Å². The normalized spacial score (nSPS) is 11.0. The standard InChI is InChI=1S/C31H48N4O14/c1-5-46-30(38)26-22-24(28(36)48-20-18-44-16-14-42-12-10-40-3)32-34(26)8-7-9-35-27(31(39)47-6-2)23-25(33-35)29(37)49-21-19-45-17-15-43-13-11-41-4/h22-23H,5-21H2,1-4H3. The molecular formula is C31H48N4O14. The monoisotopic (exact) mass is 700 g/mol. The summed E-state index contributed by atoms with van der Waals surface area (Å²) in [6.45, 7) is 7.28. The Hall–Kier alpha value is -3.94. The summed E-state index contributed by atoms with van der Waals surface area (Å²) in [4.78, 5) is 50.5. The van der Waals surface area contributed by atoms with Crippen molar-refractivity contribution in [1.29, 1.82) is 0 Å². The van der Waals surface area contributed by atoms with Crippen molar-refractivity contribution in [3.63, 3.8) is 0 Å². The Labute approximate surface area is 285 Å². The van der Waals surface area contributed by atoms with Gasteiger partial charge in [-0.1, -0.05) is 0 Å². The molecule has 0 N–H and O–H groups in total. The molecule has 0 fully saturated rings. The molecule has 0 unspecified atom stereocenters. The molecule has 2 aromatic rings. The summed E-state index contributed by atoms with van der Waals surface area (Å²) in [5.74, 6) is -2.84. The van der Waals surface area contributed by atoms with E-state index in [1.165, 1.54) is 21.5 Å². The molecule has 18 heteroatoms.